The van der Waals surface area contributed by atoms with Gasteiger partial charge in [-0.05, 0) is 37.1 Å². The van der Waals surface area contributed by atoms with Crippen LogP contribution in [0.5, 0.6) is 0 Å². The largest absolute Gasteiger partial charge is 0.298 e. The zero-order valence-corrected chi connectivity index (χ0v) is 16.8. The maximum absolute atomic E-state index is 12.9. The van der Waals surface area contributed by atoms with Crippen molar-refractivity contribution in [2.75, 3.05) is 18.4 Å². The van der Waals surface area contributed by atoms with Crippen molar-refractivity contribution in [1.82, 2.24) is 9.29 Å². The number of nitrogens with one attached hydrogen (secondary N) is 1. The number of aromatic nitrogens is 1. The van der Waals surface area contributed by atoms with E-state index in [1.165, 1.54) is 35.6 Å². The fourth-order valence-electron chi connectivity index (χ4n) is 2.40. The molecule has 1 heterocycles. The average molecular weight is 396 g/mol. The van der Waals surface area contributed by atoms with Gasteiger partial charge in [0.1, 0.15) is 0 Å². The summed E-state index contributed by atoms with van der Waals surface area (Å²) in [6.45, 7) is 5.12. The van der Waals surface area contributed by atoms with E-state index in [0.29, 0.717) is 23.8 Å². The zero-order valence-electron chi connectivity index (χ0n) is 15.1. The van der Waals surface area contributed by atoms with Gasteiger partial charge in [-0.2, -0.15) is 4.31 Å². The topological polar surface area (TPSA) is 79.4 Å². The number of sulfonamides is 1. The molecule has 2 aromatic rings. The fourth-order valence-corrected chi connectivity index (χ4v) is 4.44. The Kier molecular flexibility index (Phi) is 7.74. The number of thiazole rings is 1. The molecule has 26 heavy (non-hydrogen) atoms. The fraction of sp³-hybridized carbons (Fsp3) is 0.444. The van der Waals surface area contributed by atoms with Crippen molar-refractivity contribution in [2.45, 2.75) is 44.4 Å². The molecule has 1 N–H and O–H groups in total. The Hall–Kier alpha value is -1.77. The van der Waals surface area contributed by atoms with Gasteiger partial charge in [-0.1, -0.05) is 26.7 Å². The van der Waals surface area contributed by atoms with Crippen LogP contribution < -0.4 is 5.32 Å². The van der Waals surface area contributed by atoms with E-state index < -0.39 is 10.0 Å². The van der Waals surface area contributed by atoms with E-state index in [0.717, 1.165) is 25.7 Å². The lowest BCUT2D eigenvalue weighted by Crippen LogP contribution is -2.33. The molecule has 0 saturated heterocycles. The number of carbonyl (C=O) groups is 1. The molecule has 142 valence electrons. The zero-order chi connectivity index (χ0) is 19.0. The van der Waals surface area contributed by atoms with Gasteiger partial charge in [-0.15, -0.1) is 11.3 Å². The highest BCUT2D eigenvalue weighted by molar-refractivity contribution is 7.89. The predicted octanol–water partition coefficient (Wildman–Crippen LogP) is 3.99. The van der Waals surface area contributed by atoms with Crippen LogP contribution in [-0.2, 0) is 10.0 Å². The summed E-state index contributed by atoms with van der Waals surface area (Å²) in [6, 6.07) is 6.06. The second-order valence-electron chi connectivity index (χ2n) is 5.93. The van der Waals surface area contributed by atoms with Gasteiger partial charge in [-0.3, -0.25) is 10.1 Å². The number of rotatable bonds is 10. The van der Waals surface area contributed by atoms with Crippen LogP contribution in [0.25, 0.3) is 0 Å². The minimum atomic E-state index is -3.55. The highest BCUT2D eigenvalue weighted by Gasteiger charge is 2.23. The SMILES string of the molecule is CCCCN(CCCC)S(=O)(=O)c1ccc(C(=O)Nc2nccs2)cc1. The normalized spacial score (nSPS) is 11.7. The summed E-state index contributed by atoms with van der Waals surface area (Å²) in [5.74, 6) is -0.308. The van der Waals surface area contributed by atoms with Crippen molar-refractivity contribution in [3.05, 3.63) is 41.4 Å². The Balaban J connectivity index is 2.14. The third-order valence-electron chi connectivity index (χ3n) is 3.93. The third kappa shape index (κ3) is 5.36. The summed E-state index contributed by atoms with van der Waals surface area (Å²) in [4.78, 5) is 16.4. The number of benzene rings is 1. The molecule has 1 amide bonds. The molecule has 0 saturated carbocycles. The molecule has 2 rings (SSSR count). The molecule has 6 nitrogen and oxygen atoms in total. The average Bonchev–Trinajstić information content (AvgIpc) is 3.14. The molecule has 0 bridgehead atoms. The van der Waals surface area contributed by atoms with E-state index in [2.05, 4.69) is 10.3 Å². The van der Waals surface area contributed by atoms with Crippen LogP contribution in [0.3, 0.4) is 0 Å². The van der Waals surface area contributed by atoms with Gasteiger partial charge in [0, 0.05) is 30.2 Å². The summed E-state index contributed by atoms with van der Waals surface area (Å²) in [6.07, 6.45) is 5.15. The van der Waals surface area contributed by atoms with Crippen LogP contribution in [0, 0.1) is 0 Å². The lowest BCUT2D eigenvalue weighted by Gasteiger charge is -2.22. The maximum Gasteiger partial charge on any atom is 0.257 e. The third-order valence-corrected chi connectivity index (χ3v) is 6.53. The summed E-state index contributed by atoms with van der Waals surface area (Å²) in [5.41, 5.74) is 0.396. The smallest absolute Gasteiger partial charge is 0.257 e. The van der Waals surface area contributed by atoms with Crippen molar-refractivity contribution < 1.29 is 13.2 Å². The van der Waals surface area contributed by atoms with Gasteiger partial charge in [0.05, 0.1) is 4.90 Å². The van der Waals surface area contributed by atoms with Crippen molar-refractivity contribution in [3.8, 4) is 0 Å². The van der Waals surface area contributed by atoms with Crippen LogP contribution in [-0.4, -0.2) is 36.7 Å². The first-order chi connectivity index (χ1) is 12.5. The molecule has 8 heteroatoms. The lowest BCUT2D eigenvalue weighted by atomic mass is 10.2. The van der Waals surface area contributed by atoms with Gasteiger partial charge >= 0.3 is 0 Å². The first-order valence-electron chi connectivity index (χ1n) is 8.80. The van der Waals surface area contributed by atoms with E-state index in [4.69, 9.17) is 0 Å². The van der Waals surface area contributed by atoms with Crippen molar-refractivity contribution in [2.24, 2.45) is 0 Å². The van der Waals surface area contributed by atoms with Crippen molar-refractivity contribution in [3.63, 3.8) is 0 Å². The van der Waals surface area contributed by atoms with Crippen molar-refractivity contribution in [1.29, 1.82) is 0 Å². The molecule has 0 aliphatic heterocycles. The Morgan fingerprint density at radius 3 is 2.23 bits per heavy atom. The standard InChI is InChI=1S/C18H25N3O3S2/c1-3-5-12-21(13-6-4-2)26(23,24)16-9-7-15(8-10-16)17(22)20-18-19-11-14-25-18/h7-11,14H,3-6,12-13H2,1-2H3,(H,19,20,22). The summed E-state index contributed by atoms with van der Waals surface area (Å²) < 4.78 is 27.3. The molecular weight excluding hydrogens is 370 g/mol. The molecule has 0 radical (unpaired) electrons. The number of carbonyl (C=O) groups excluding carboxylic acids is 1. The molecule has 0 unspecified atom stereocenters. The number of hydrogen-bond donors (Lipinski definition) is 1. The maximum atomic E-state index is 12.9. The minimum absolute atomic E-state index is 0.218. The minimum Gasteiger partial charge on any atom is -0.298 e. The van der Waals surface area contributed by atoms with E-state index >= 15 is 0 Å². The van der Waals surface area contributed by atoms with Crippen LogP contribution in [0.2, 0.25) is 0 Å². The first kappa shape index (κ1) is 20.5. The van der Waals surface area contributed by atoms with Gasteiger partial charge in [0.25, 0.3) is 5.91 Å². The Bertz CT molecular complexity index is 780. The van der Waals surface area contributed by atoms with Crippen molar-refractivity contribution >= 4 is 32.4 Å². The highest BCUT2D eigenvalue weighted by Crippen LogP contribution is 2.19. The van der Waals surface area contributed by atoms with E-state index in [-0.39, 0.29) is 10.8 Å². The molecule has 0 aliphatic rings. The van der Waals surface area contributed by atoms with Gasteiger partial charge in [0.15, 0.2) is 5.13 Å². The summed E-state index contributed by atoms with van der Waals surface area (Å²) in [7, 11) is -3.55. The second-order valence-corrected chi connectivity index (χ2v) is 8.76. The van der Waals surface area contributed by atoms with E-state index in [1.54, 1.807) is 15.9 Å². The first-order valence-corrected chi connectivity index (χ1v) is 11.1. The highest BCUT2D eigenvalue weighted by atomic mass is 32.2. The predicted molar refractivity (Wildman–Crippen MR) is 105 cm³/mol. The Labute approximate surface area is 159 Å². The summed E-state index contributed by atoms with van der Waals surface area (Å²) >= 11 is 1.33. The second kappa shape index (κ2) is 9.80. The number of unbranched alkanes of at least 4 members (excludes halogenated alkanes) is 2. The van der Waals surface area contributed by atoms with Gasteiger partial charge in [-0.25, -0.2) is 13.4 Å². The van der Waals surface area contributed by atoms with Crippen LogP contribution >= 0.6 is 11.3 Å². The molecule has 0 atom stereocenters. The molecule has 0 aliphatic carbocycles. The van der Waals surface area contributed by atoms with Crippen LogP contribution in [0.15, 0.2) is 40.7 Å². The lowest BCUT2D eigenvalue weighted by molar-refractivity contribution is 0.102. The quantitative estimate of drug-likeness (QED) is 0.660. The van der Waals surface area contributed by atoms with E-state index in [9.17, 15) is 13.2 Å². The Morgan fingerprint density at radius 1 is 1.12 bits per heavy atom. The van der Waals surface area contributed by atoms with Crippen LogP contribution in [0.1, 0.15) is 49.9 Å². The summed E-state index contributed by atoms with van der Waals surface area (Å²) in [5, 5.41) is 4.97. The van der Waals surface area contributed by atoms with Crippen LogP contribution in [0.4, 0.5) is 5.13 Å². The Morgan fingerprint density at radius 2 is 1.73 bits per heavy atom. The molecule has 1 aromatic carbocycles. The monoisotopic (exact) mass is 395 g/mol. The molecular formula is C18H25N3O3S2. The molecule has 0 fully saturated rings. The van der Waals surface area contributed by atoms with E-state index in [1.807, 2.05) is 13.8 Å². The number of amides is 1. The molecule has 1 aromatic heterocycles. The number of nitrogens with zero attached hydrogens (tertiary/aromatic N) is 2. The molecule has 0 spiro atoms. The number of anilines is 1. The van der Waals surface area contributed by atoms with Gasteiger partial charge < -0.3 is 0 Å². The number of hydrogen-bond acceptors (Lipinski definition) is 5. The van der Waals surface area contributed by atoms with Gasteiger partial charge in [0.2, 0.25) is 10.0 Å².